The van der Waals surface area contributed by atoms with Crippen LogP contribution < -0.4 is 29.6 Å². The van der Waals surface area contributed by atoms with E-state index in [0.29, 0.717) is 22.0 Å². The van der Waals surface area contributed by atoms with Crippen LogP contribution in [0.25, 0.3) is 21.7 Å². The number of benzene rings is 3. The number of nitrogens with zero attached hydrogens (tertiary/aromatic N) is 3. The first kappa shape index (κ1) is 20.4. The summed E-state index contributed by atoms with van der Waals surface area (Å²) in [7, 11) is -4.67. The second kappa shape index (κ2) is 7.94. The topological polar surface area (TPSA) is 115 Å². The molecule has 1 aromatic heterocycles. The third-order valence-corrected chi connectivity index (χ3v) is 4.98. The zero-order valence-electron chi connectivity index (χ0n) is 14.8. The molecule has 0 fully saturated rings. The summed E-state index contributed by atoms with van der Waals surface area (Å²) in [5.74, 6) is 0.0226. The molecule has 0 unspecified atom stereocenters. The van der Waals surface area contributed by atoms with Gasteiger partial charge in [-0.05, 0) is 41.8 Å². The molecule has 0 aliphatic carbocycles. The number of aromatic hydroxyl groups is 1. The Morgan fingerprint density at radius 2 is 1.61 bits per heavy atom. The Kier molecular flexibility index (Phi) is 5.78. The number of rotatable bonds is 3. The molecule has 7 nitrogen and oxygen atoms in total. The van der Waals surface area contributed by atoms with Crippen molar-refractivity contribution < 1.29 is 47.6 Å². The summed E-state index contributed by atoms with van der Waals surface area (Å²) in [5, 5.41) is 19.7. The number of pyridine rings is 1. The quantitative estimate of drug-likeness (QED) is 0.317. The van der Waals surface area contributed by atoms with E-state index in [1.54, 1.807) is 48.7 Å². The van der Waals surface area contributed by atoms with E-state index in [4.69, 9.17) is 0 Å². The molecule has 1 heterocycles. The minimum Gasteiger partial charge on any atom is -0.744 e. The van der Waals surface area contributed by atoms with Gasteiger partial charge in [-0.3, -0.25) is 4.98 Å². The normalized spacial score (nSPS) is 11.8. The molecular weight excluding hydrogens is 389 g/mol. The Balaban J connectivity index is 0.00000225. The molecule has 0 atom stereocenters. The molecule has 0 spiro atoms. The van der Waals surface area contributed by atoms with Crippen LogP contribution in [0.3, 0.4) is 0 Å². The molecular formula is C19H12N3NaO4S. The summed E-state index contributed by atoms with van der Waals surface area (Å²) < 4.78 is 34.9. The number of phenolic OH excluding ortho intramolecular Hbond substituents is 1. The molecule has 0 aliphatic rings. The van der Waals surface area contributed by atoms with Crippen LogP contribution >= 0.6 is 0 Å². The predicted molar refractivity (Wildman–Crippen MR) is 99.5 cm³/mol. The van der Waals surface area contributed by atoms with Gasteiger partial charge in [0.2, 0.25) is 0 Å². The van der Waals surface area contributed by atoms with Gasteiger partial charge in [0.25, 0.3) is 0 Å². The van der Waals surface area contributed by atoms with Crippen LogP contribution in [0.2, 0.25) is 0 Å². The molecule has 0 radical (unpaired) electrons. The van der Waals surface area contributed by atoms with Gasteiger partial charge in [-0.15, -0.1) is 10.2 Å². The van der Waals surface area contributed by atoms with Gasteiger partial charge in [0.05, 0.1) is 16.3 Å². The standard InChI is InChI=1S/C19H13N3O4S.Na/c23-16-10-9-14(13-6-3-11-20-19(13)16)21-22-15-7-1-4-12-5-2-8-17(18(12)15)27(24,25)26;/h1-11,23H,(H,24,25,26);/q;+1/p-1. The first-order valence-electron chi connectivity index (χ1n) is 7.91. The van der Waals surface area contributed by atoms with Crippen LogP contribution in [0, 0.1) is 0 Å². The Morgan fingerprint density at radius 3 is 2.36 bits per heavy atom. The first-order valence-corrected chi connectivity index (χ1v) is 9.32. The van der Waals surface area contributed by atoms with Gasteiger partial charge in [-0.2, -0.15) is 0 Å². The van der Waals surface area contributed by atoms with Crippen molar-refractivity contribution >= 4 is 43.2 Å². The van der Waals surface area contributed by atoms with Crippen molar-refractivity contribution in [1.29, 1.82) is 0 Å². The van der Waals surface area contributed by atoms with Gasteiger partial charge >= 0.3 is 29.6 Å². The summed E-state index contributed by atoms with van der Waals surface area (Å²) in [5.41, 5.74) is 1.10. The fourth-order valence-corrected chi connectivity index (χ4v) is 3.63. The first-order chi connectivity index (χ1) is 12.9. The molecule has 1 N–H and O–H groups in total. The summed E-state index contributed by atoms with van der Waals surface area (Å²) in [4.78, 5) is 3.78. The number of phenols is 1. The van der Waals surface area contributed by atoms with Crippen molar-refractivity contribution in [1.82, 2.24) is 4.98 Å². The molecule has 0 bridgehead atoms. The summed E-state index contributed by atoms with van der Waals surface area (Å²) in [6, 6.07) is 15.9. The van der Waals surface area contributed by atoms with Gasteiger partial charge in [0.1, 0.15) is 21.4 Å². The average molecular weight is 401 g/mol. The molecule has 4 rings (SSSR count). The molecule has 3 aromatic carbocycles. The number of azo groups is 1. The Morgan fingerprint density at radius 1 is 0.893 bits per heavy atom. The second-order valence-electron chi connectivity index (χ2n) is 5.79. The SMILES string of the molecule is O=S(=O)([O-])c1cccc2cccc(N=Nc3ccc(O)c4ncccc34)c12.[Na+]. The minimum atomic E-state index is -4.67. The Hall–Kier alpha value is -2.36. The maximum absolute atomic E-state index is 11.6. The van der Waals surface area contributed by atoms with Gasteiger partial charge in [-0.1, -0.05) is 24.3 Å². The smallest absolute Gasteiger partial charge is 0.744 e. The molecule has 0 amide bonds. The summed E-state index contributed by atoms with van der Waals surface area (Å²) in [6.07, 6.45) is 1.55. The number of aromatic nitrogens is 1. The maximum Gasteiger partial charge on any atom is 1.00 e. The third kappa shape index (κ3) is 3.78. The number of fused-ring (bicyclic) bond motifs is 2. The monoisotopic (exact) mass is 401 g/mol. The van der Waals surface area contributed by atoms with E-state index in [0.717, 1.165) is 0 Å². The largest absolute Gasteiger partial charge is 1.00 e. The van der Waals surface area contributed by atoms with Crippen molar-refractivity contribution in [3.8, 4) is 5.75 Å². The number of hydrogen-bond donors (Lipinski definition) is 1. The maximum atomic E-state index is 11.6. The molecule has 0 saturated carbocycles. The van der Waals surface area contributed by atoms with E-state index < -0.39 is 10.1 Å². The van der Waals surface area contributed by atoms with Gasteiger partial charge < -0.3 is 9.66 Å². The molecule has 9 heteroatoms. The van der Waals surface area contributed by atoms with Gasteiger partial charge in [0.15, 0.2) is 0 Å². The minimum absolute atomic E-state index is 0. The van der Waals surface area contributed by atoms with Crippen molar-refractivity contribution in [2.75, 3.05) is 0 Å². The van der Waals surface area contributed by atoms with Crippen molar-refractivity contribution in [2.24, 2.45) is 10.2 Å². The Labute approximate surface area is 182 Å². The summed E-state index contributed by atoms with van der Waals surface area (Å²) in [6.45, 7) is 0. The van der Waals surface area contributed by atoms with Crippen molar-refractivity contribution in [3.63, 3.8) is 0 Å². The molecule has 4 aromatic rings. The number of hydrogen-bond acceptors (Lipinski definition) is 7. The molecule has 0 saturated heterocycles. The van der Waals surface area contributed by atoms with Gasteiger partial charge in [-0.25, -0.2) is 8.42 Å². The Bertz CT molecular complexity index is 1320. The molecule has 134 valence electrons. The van der Waals surface area contributed by atoms with Crippen LogP contribution in [-0.4, -0.2) is 23.1 Å². The van der Waals surface area contributed by atoms with Crippen LogP contribution in [-0.2, 0) is 10.1 Å². The van der Waals surface area contributed by atoms with Crippen LogP contribution in [0.5, 0.6) is 5.75 Å². The van der Waals surface area contributed by atoms with E-state index in [1.807, 2.05) is 0 Å². The predicted octanol–water partition coefficient (Wildman–Crippen LogP) is 1.42. The fraction of sp³-hybridized carbons (Fsp3) is 0. The molecule has 0 aliphatic heterocycles. The summed E-state index contributed by atoms with van der Waals surface area (Å²) >= 11 is 0. The van der Waals surface area contributed by atoms with E-state index in [2.05, 4.69) is 15.2 Å². The van der Waals surface area contributed by atoms with E-state index in [-0.39, 0.29) is 51.3 Å². The van der Waals surface area contributed by atoms with Crippen LogP contribution in [0.4, 0.5) is 11.4 Å². The molecule has 28 heavy (non-hydrogen) atoms. The third-order valence-electron chi connectivity index (χ3n) is 4.10. The van der Waals surface area contributed by atoms with Gasteiger partial charge in [0, 0.05) is 17.0 Å². The average Bonchev–Trinajstić information content (AvgIpc) is 2.66. The van der Waals surface area contributed by atoms with Crippen LogP contribution in [0.1, 0.15) is 0 Å². The van der Waals surface area contributed by atoms with E-state index >= 15 is 0 Å². The zero-order valence-corrected chi connectivity index (χ0v) is 17.6. The zero-order chi connectivity index (χ0) is 19.0. The van der Waals surface area contributed by atoms with Crippen molar-refractivity contribution in [2.45, 2.75) is 4.90 Å². The second-order valence-corrected chi connectivity index (χ2v) is 7.14. The van der Waals surface area contributed by atoms with E-state index in [1.165, 1.54) is 18.2 Å². The van der Waals surface area contributed by atoms with E-state index in [9.17, 15) is 18.1 Å². The van der Waals surface area contributed by atoms with Crippen LogP contribution in [0.15, 0.2) is 82.0 Å². The van der Waals surface area contributed by atoms with Crippen molar-refractivity contribution in [3.05, 3.63) is 66.9 Å². The fourth-order valence-electron chi connectivity index (χ4n) is 2.92.